The van der Waals surface area contributed by atoms with Gasteiger partial charge in [-0.1, -0.05) is 18.2 Å². The van der Waals surface area contributed by atoms with Crippen molar-refractivity contribution in [2.45, 2.75) is 19.0 Å². The maximum atomic E-state index is 6.00. The van der Waals surface area contributed by atoms with Gasteiger partial charge >= 0.3 is 0 Å². The zero-order valence-electron chi connectivity index (χ0n) is 14.3. The number of aromatic nitrogens is 2. The van der Waals surface area contributed by atoms with Gasteiger partial charge in [0, 0.05) is 20.8 Å². The molecule has 0 radical (unpaired) electrons. The Kier molecular flexibility index (Phi) is 4.69. The number of rotatable bonds is 4. The third-order valence-corrected chi connectivity index (χ3v) is 7.40. The molecule has 1 aliphatic rings. The summed E-state index contributed by atoms with van der Waals surface area (Å²) in [6.45, 7) is 1.64. The largest absolute Gasteiger partial charge is 0.419 e. The topological polar surface area (TPSA) is 42.2 Å². The van der Waals surface area contributed by atoms with E-state index in [2.05, 4.69) is 60.0 Å². The van der Waals surface area contributed by atoms with Gasteiger partial charge < -0.3 is 4.42 Å². The lowest BCUT2D eigenvalue weighted by molar-refractivity contribution is 0.189. The molecule has 0 unspecified atom stereocenters. The summed E-state index contributed by atoms with van der Waals surface area (Å²) in [6, 6.07) is 14.8. The Balaban J connectivity index is 1.44. The molecule has 0 saturated heterocycles. The molecule has 0 bridgehead atoms. The lowest BCUT2D eigenvalue weighted by Crippen LogP contribution is -2.34. The molecule has 0 N–H and O–H groups in total. The van der Waals surface area contributed by atoms with Crippen molar-refractivity contribution in [1.82, 2.24) is 15.1 Å². The minimum Gasteiger partial charge on any atom is -0.419 e. The van der Waals surface area contributed by atoms with Crippen molar-refractivity contribution >= 4 is 38.6 Å². The summed E-state index contributed by atoms with van der Waals surface area (Å²) in [6.07, 6.45) is 1.07. The van der Waals surface area contributed by atoms with E-state index in [1.165, 1.54) is 15.3 Å². The first-order valence-electron chi connectivity index (χ1n) is 8.70. The summed E-state index contributed by atoms with van der Waals surface area (Å²) >= 11 is 7.22. The standard InChI is InChI=1S/C20H16BrN3OS2/c21-15-5-2-1-4-13(15)20-23-22-18(25-20)12-24-9-7-16-14(8-11-27-16)19(24)17-6-3-10-26-17/h1-6,8,10-11,19H,7,9,12H2/t19-/m0/s1. The first-order valence-corrected chi connectivity index (χ1v) is 11.3. The quantitative estimate of drug-likeness (QED) is 0.390. The summed E-state index contributed by atoms with van der Waals surface area (Å²) < 4.78 is 6.96. The SMILES string of the molecule is Brc1ccccc1-c1nnc(CN2CCc3sccc3[C@H]2c2cccs2)o1. The fraction of sp³-hybridized carbons (Fsp3) is 0.200. The first kappa shape index (κ1) is 17.3. The Morgan fingerprint density at radius 1 is 1.07 bits per heavy atom. The molecule has 1 aromatic carbocycles. The van der Waals surface area contributed by atoms with Crippen LogP contribution in [-0.4, -0.2) is 21.6 Å². The van der Waals surface area contributed by atoms with E-state index in [0.717, 1.165) is 23.0 Å². The van der Waals surface area contributed by atoms with Crippen LogP contribution in [0.2, 0.25) is 0 Å². The van der Waals surface area contributed by atoms with Crippen LogP contribution in [0.1, 0.15) is 27.3 Å². The minimum absolute atomic E-state index is 0.263. The van der Waals surface area contributed by atoms with Gasteiger partial charge in [-0.15, -0.1) is 32.9 Å². The van der Waals surface area contributed by atoms with Crippen molar-refractivity contribution in [2.24, 2.45) is 0 Å². The molecule has 136 valence electrons. The normalized spacial score (nSPS) is 17.1. The first-order chi connectivity index (χ1) is 13.3. The van der Waals surface area contributed by atoms with Gasteiger partial charge in [0.2, 0.25) is 11.8 Å². The third kappa shape index (κ3) is 3.29. The predicted molar refractivity (Wildman–Crippen MR) is 112 cm³/mol. The van der Waals surface area contributed by atoms with E-state index in [0.29, 0.717) is 18.3 Å². The smallest absolute Gasteiger partial charge is 0.248 e. The van der Waals surface area contributed by atoms with E-state index in [-0.39, 0.29) is 6.04 Å². The monoisotopic (exact) mass is 457 g/mol. The Hall–Kier alpha value is -1.80. The highest BCUT2D eigenvalue weighted by Gasteiger charge is 2.31. The maximum Gasteiger partial charge on any atom is 0.248 e. The van der Waals surface area contributed by atoms with E-state index in [9.17, 15) is 0 Å². The van der Waals surface area contributed by atoms with Gasteiger partial charge in [-0.05, 0) is 62.9 Å². The molecule has 27 heavy (non-hydrogen) atoms. The molecule has 0 fully saturated rings. The zero-order valence-corrected chi connectivity index (χ0v) is 17.6. The van der Waals surface area contributed by atoms with Crippen molar-refractivity contribution in [3.8, 4) is 11.5 Å². The van der Waals surface area contributed by atoms with Crippen molar-refractivity contribution < 1.29 is 4.42 Å². The molecular weight excluding hydrogens is 442 g/mol. The average molecular weight is 458 g/mol. The fourth-order valence-corrected chi connectivity index (χ4v) is 5.79. The molecular formula is C20H16BrN3OS2. The number of nitrogens with zero attached hydrogens (tertiary/aromatic N) is 3. The lowest BCUT2D eigenvalue weighted by atomic mass is 9.98. The summed E-state index contributed by atoms with van der Waals surface area (Å²) in [7, 11) is 0. The second-order valence-electron chi connectivity index (χ2n) is 6.42. The number of halogens is 1. The molecule has 1 aliphatic heterocycles. The summed E-state index contributed by atoms with van der Waals surface area (Å²) in [5.74, 6) is 1.21. The number of benzene rings is 1. The van der Waals surface area contributed by atoms with Gasteiger partial charge in [0.05, 0.1) is 18.2 Å². The highest BCUT2D eigenvalue weighted by Crippen LogP contribution is 2.40. The molecule has 0 amide bonds. The molecule has 4 aromatic rings. The van der Waals surface area contributed by atoms with Crippen molar-refractivity contribution in [3.05, 3.63) is 78.9 Å². The van der Waals surface area contributed by atoms with Gasteiger partial charge in [0.25, 0.3) is 0 Å². The molecule has 0 spiro atoms. The van der Waals surface area contributed by atoms with Gasteiger partial charge in [-0.2, -0.15) is 0 Å². The number of fused-ring (bicyclic) bond motifs is 1. The second-order valence-corrected chi connectivity index (χ2v) is 9.25. The van der Waals surface area contributed by atoms with E-state index in [4.69, 9.17) is 4.42 Å². The van der Waals surface area contributed by atoms with E-state index < -0.39 is 0 Å². The minimum atomic E-state index is 0.263. The lowest BCUT2D eigenvalue weighted by Gasteiger charge is -2.34. The molecule has 5 rings (SSSR count). The molecule has 1 atom stereocenters. The Morgan fingerprint density at radius 3 is 2.85 bits per heavy atom. The van der Waals surface area contributed by atoms with E-state index >= 15 is 0 Å². The number of thiophene rings is 2. The fourth-order valence-electron chi connectivity index (χ4n) is 3.55. The zero-order chi connectivity index (χ0) is 18.2. The van der Waals surface area contributed by atoms with Gasteiger partial charge in [-0.3, -0.25) is 4.90 Å². The molecule has 4 heterocycles. The van der Waals surface area contributed by atoms with Crippen molar-refractivity contribution in [2.75, 3.05) is 6.54 Å². The van der Waals surface area contributed by atoms with Crippen LogP contribution in [0.3, 0.4) is 0 Å². The van der Waals surface area contributed by atoms with Crippen LogP contribution in [0.25, 0.3) is 11.5 Å². The molecule has 0 saturated carbocycles. The van der Waals surface area contributed by atoms with Crippen LogP contribution in [-0.2, 0) is 13.0 Å². The van der Waals surface area contributed by atoms with Crippen LogP contribution < -0.4 is 0 Å². The molecule has 7 heteroatoms. The highest BCUT2D eigenvalue weighted by molar-refractivity contribution is 9.10. The highest BCUT2D eigenvalue weighted by atomic mass is 79.9. The number of hydrogen-bond donors (Lipinski definition) is 0. The van der Waals surface area contributed by atoms with Crippen LogP contribution >= 0.6 is 38.6 Å². The van der Waals surface area contributed by atoms with Crippen LogP contribution in [0.15, 0.2) is 62.1 Å². The van der Waals surface area contributed by atoms with Gasteiger partial charge in [0.15, 0.2) is 0 Å². The predicted octanol–water partition coefficient (Wildman–Crippen LogP) is 5.77. The Labute approximate surface area is 173 Å². The molecule has 4 nitrogen and oxygen atoms in total. The Bertz CT molecular complexity index is 1060. The summed E-state index contributed by atoms with van der Waals surface area (Å²) in [5, 5.41) is 12.9. The summed E-state index contributed by atoms with van der Waals surface area (Å²) in [4.78, 5) is 5.29. The van der Waals surface area contributed by atoms with E-state index in [1.807, 2.05) is 35.6 Å². The second kappa shape index (κ2) is 7.31. The van der Waals surface area contributed by atoms with Gasteiger partial charge in [0.1, 0.15) is 0 Å². The maximum absolute atomic E-state index is 6.00. The Morgan fingerprint density at radius 2 is 2.00 bits per heavy atom. The van der Waals surface area contributed by atoms with Crippen LogP contribution in [0.4, 0.5) is 0 Å². The molecule has 0 aliphatic carbocycles. The van der Waals surface area contributed by atoms with Crippen molar-refractivity contribution in [3.63, 3.8) is 0 Å². The summed E-state index contributed by atoms with van der Waals surface area (Å²) in [5.41, 5.74) is 2.34. The van der Waals surface area contributed by atoms with Crippen LogP contribution in [0, 0.1) is 0 Å². The van der Waals surface area contributed by atoms with Gasteiger partial charge in [-0.25, -0.2) is 0 Å². The van der Waals surface area contributed by atoms with Crippen molar-refractivity contribution in [1.29, 1.82) is 0 Å². The average Bonchev–Trinajstić information content (AvgIpc) is 3.44. The van der Waals surface area contributed by atoms with E-state index in [1.54, 1.807) is 11.3 Å². The molecule has 3 aromatic heterocycles. The van der Waals surface area contributed by atoms with Crippen LogP contribution in [0.5, 0.6) is 0 Å². The number of hydrogen-bond acceptors (Lipinski definition) is 6. The third-order valence-electron chi connectivity index (χ3n) is 4.79.